The Kier molecular flexibility index (Phi) is 8.71. The molecule has 3 aromatic carbocycles. The van der Waals surface area contributed by atoms with E-state index < -0.39 is 38.1 Å². The van der Waals surface area contributed by atoms with Gasteiger partial charge in [-0.15, -0.1) is 0 Å². The van der Waals surface area contributed by atoms with Gasteiger partial charge in [-0.3, -0.25) is 14.5 Å². The van der Waals surface area contributed by atoms with Crippen LogP contribution in [0.3, 0.4) is 0 Å². The molecule has 0 unspecified atom stereocenters. The first-order valence-corrected chi connectivity index (χ1v) is 14.8. The highest BCUT2D eigenvalue weighted by molar-refractivity contribution is 8.72. The molecule has 1 fully saturated rings. The Labute approximate surface area is 230 Å². The number of esters is 1. The normalized spacial score (nSPS) is 16.5. The van der Waals surface area contributed by atoms with Crippen molar-refractivity contribution >= 4 is 37.4 Å². The van der Waals surface area contributed by atoms with Gasteiger partial charge in [-0.2, -0.15) is 0 Å². The average molecular weight is 563 g/mol. The zero-order valence-corrected chi connectivity index (χ0v) is 22.7. The summed E-state index contributed by atoms with van der Waals surface area (Å²) in [5, 5.41) is 1.47. The number of hydrogen-bond donors (Lipinski definition) is 1. The number of aryl methyl sites for hydroxylation is 1. The highest BCUT2D eigenvalue weighted by Gasteiger charge is 2.54. The molecule has 1 aliphatic rings. The summed E-state index contributed by atoms with van der Waals surface area (Å²) in [5.74, 6) is -2.03. The van der Waals surface area contributed by atoms with E-state index >= 15 is 0 Å². The number of hydrogen-bond acceptors (Lipinski definition) is 7. The lowest BCUT2D eigenvalue weighted by atomic mass is 10.0. The fraction of sp³-hybridized carbons (Fsp3) is 0.172. The van der Waals surface area contributed by atoms with Crippen LogP contribution in [-0.4, -0.2) is 42.5 Å². The van der Waals surface area contributed by atoms with Crippen LogP contribution in [0.5, 0.6) is 0 Å². The molecule has 39 heavy (non-hydrogen) atoms. The molecule has 1 N–H and O–H groups in total. The third-order valence-corrected chi connectivity index (χ3v) is 9.63. The zero-order chi connectivity index (χ0) is 28.0. The highest BCUT2D eigenvalue weighted by atomic mass is 33.1. The highest BCUT2D eigenvalue weighted by Crippen LogP contribution is 2.39. The van der Waals surface area contributed by atoms with Gasteiger partial charge in [0.05, 0.1) is 11.3 Å². The molecule has 8 nitrogen and oxygen atoms in total. The number of nitrogens with zero attached hydrogens (tertiary/aromatic N) is 1. The minimum absolute atomic E-state index is 0.00398. The number of likely N-dealkylation sites (tertiary alicyclic amines) is 1. The van der Waals surface area contributed by atoms with Crippen LogP contribution in [-0.2, 0) is 41.0 Å². The first-order valence-electron chi connectivity index (χ1n) is 12.0. The van der Waals surface area contributed by atoms with Crippen molar-refractivity contribution in [2.45, 2.75) is 36.3 Å². The molecule has 0 bridgehead atoms. The summed E-state index contributed by atoms with van der Waals surface area (Å²) in [6.07, 6.45) is -0.00398. The van der Waals surface area contributed by atoms with Gasteiger partial charge in [0.15, 0.2) is 5.70 Å². The molecule has 0 aliphatic carbocycles. The lowest BCUT2D eigenvalue weighted by molar-refractivity contribution is -0.153. The Morgan fingerprint density at radius 1 is 0.974 bits per heavy atom. The summed E-state index contributed by atoms with van der Waals surface area (Å²) in [5.41, 5.74) is 4.42. The number of carbonyl (C=O) groups excluding carboxylic acids is 3. The molecule has 0 spiro atoms. The number of ether oxygens (including phenoxy) is 1. The van der Waals surface area contributed by atoms with Gasteiger partial charge < -0.3 is 10.1 Å². The molecule has 3 aromatic rings. The van der Waals surface area contributed by atoms with Crippen LogP contribution in [0.4, 0.5) is 0 Å². The lowest BCUT2D eigenvalue weighted by Gasteiger charge is -2.45. The first kappa shape index (κ1) is 27.9. The van der Waals surface area contributed by atoms with Crippen LogP contribution in [0.15, 0.2) is 108 Å². The molecule has 4 rings (SSSR count). The van der Waals surface area contributed by atoms with E-state index in [9.17, 15) is 22.8 Å². The van der Waals surface area contributed by atoms with Gasteiger partial charge in [0.25, 0.3) is 5.91 Å². The van der Waals surface area contributed by atoms with Gasteiger partial charge in [-0.05, 0) is 30.2 Å². The van der Waals surface area contributed by atoms with E-state index in [1.54, 1.807) is 60.7 Å². The van der Waals surface area contributed by atoms with E-state index in [2.05, 4.69) is 17.6 Å². The fourth-order valence-corrected chi connectivity index (χ4v) is 7.34. The number of benzene rings is 3. The van der Waals surface area contributed by atoms with Crippen molar-refractivity contribution in [1.82, 2.24) is 10.2 Å². The Morgan fingerprint density at radius 2 is 1.56 bits per heavy atom. The molecule has 2 atom stereocenters. The average Bonchev–Trinajstić information content (AvgIpc) is 2.94. The van der Waals surface area contributed by atoms with Crippen LogP contribution in [0.1, 0.15) is 16.7 Å². The summed E-state index contributed by atoms with van der Waals surface area (Å²) >= 11 is 0. The molecule has 0 aromatic heterocycles. The largest absolute Gasteiger partial charge is 0.456 e. The number of β-lactam (4-membered cyclic amide) rings is 1. The predicted octanol–water partition coefficient (Wildman–Crippen LogP) is 3.72. The van der Waals surface area contributed by atoms with Gasteiger partial charge in [-0.25, -0.2) is 13.2 Å². The van der Waals surface area contributed by atoms with Crippen molar-refractivity contribution in [3.8, 4) is 0 Å². The molecule has 10 heteroatoms. The van der Waals surface area contributed by atoms with Crippen LogP contribution < -0.4 is 5.32 Å². The van der Waals surface area contributed by atoms with Crippen molar-refractivity contribution in [3.05, 3.63) is 120 Å². The summed E-state index contributed by atoms with van der Waals surface area (Å²) in [4.78, 5) is 39.9. The molecule has 200 valence electrons. The molecule has 0 radical (unpaired) electrons. The van der Waals surface area contributed by atoms with Crippen molar-refractivity contribution in [2.24, 2.45) is 0 Å². The van der Waals surface area contributed by atoms with Crippen molar-refractivity contribution in [2.75, 3.05) is 0 Å². The third-order valence-electron chi connectivity index (χ3n) is 5.92. The van der Waals surface area contributed by atoms with E-state index in [0.717, 1.165) is 21.6 Å². The summed E-state index contributed by atoms with van der Waals surface area (Å²) < 4.78 is 31.9. The molecule has 2 amide bonds. The smallest absolute Gasteiger partial charge is 0.363 e. The molecule has 0 saturated carbocycles. The topological polar surface area (TPSA) is 110 Å². The van der Waals surface area contributed by atoms with E-state index in [4.69, 9.17) is 4.74 Å². The Hall–Kier alpha value is -4.11. The van der Waals surface area contributed by atoms with Gasteiger partial charge >= 0.3 is 5.97 Å². The predicted molar refractivity (Wildman–Crippen MR) is 148 cm³/mol. The second kappa shape index (κ2) is 12.2. The minimum atomic E-state index is -3.99. The summed E-state index contributed by atoms with van der Waals surface area (Å²) in [6, 6.07) is 22.9. The monoisotopic (exact) mass is 562 g/mol. The fourth-order valence-electron chi connectivity index (χ4n) is 3.88. The van der Waals surface area contributed by atoms with Crippen LogP contribution in [0, 0.1) is 6.92 Å². The second-order valence-corrected chi connectivity index (χ2v) is 12.7. The maximum atomic E-state index is 13.3. The van der Waals surface area contributed by atoms with Crippen LogP contribution in [0.2, 0.25) is 0 Å². The Balaban J connectivity index is 1.56. The molecular weight excluding hydrogens is 536 g/mol. The Bertz CT molecular complexity index is 1520. The SMILES string of the molecule is C=C=C(C(=O)OCc1ccccc1)N1C(=O)[C@@H](NC(=O)Cc2ccccc2)[C@H]1SS(=O)(=O)c1ccc(C)cc1. The maximum Gasteiger partial charge on any atom is 0.363 e. The zero-order valence-electron chi connectivity index (χ0n) is 21.1. The summed E-state index contributed by atoms with van der Waals surface area (Å²) in [7, 11) is -3.53. The van der Waals surface area contributed by atoms with Crippen LogP contribution >= 0.6 is 10.8 Å². The molecule has 1 aliphatic heterocycles. The van der Waals surface area contributed by atoms with Crippen LogP contribution in [0.25, 0.3) is 0 Å². The molecule has 1 heterocycles. The van der Waals surface area contributed by atoms with E-state index in [-0.39, 0.29) is 23.6 Å². The van der Waals surface area contributed by atoms with E-state index in [0.29, 0.717) is 10.8 Å². The number of amides is 2. The van der Waals surface area contributed by atoms with Gasteiger partial charge in [0, 0.05) is 10.8 Å². The first-order chi connectivity index (χ1) is 18.7. The standard InChI is InChI=1S/C29H26N2O6S2/c1-3-24(29(34)37-19-22-12-8-5-9-13-22)31-27(33)26(30-25(32)18-21-10-6-4-7-11-21)28(31)38-39(35,36)23-16-14-20(2)15-17-23/h4-17,26,28H,1,18-19H2,2H3,(H,30,32)/t26-,28-/m1/s1. The Morgan fingerprint density at radius 3 is 2.15 bits per heavy atom. The molecular formula is C29H26N2O6S2. The quantitative estimate of drug-likeness (QED) is 0.132. The number of rotatable bonds is 10. The third kappa shape index (κ3) is 6.67. The molecule has 1 saturated heterocycles. The van der Waals surface area contributed by atoms with E-state index in [1.807, 2.05) is 19.1 Å². The maximum absolute atomic E-state index is 13.3. The summed E-state index contributed by atoms with van der Waals surface area (Å²) in [6.45, 7) is 5.28. The van der Waals surface area contributed by atoms with Crippen molar-refractivity contribution in [3.63, 3.8) is 0 Å². The van der Waals surface area contributed by atoms with Crippen molar-refractivity contribution < 1.29 is 27.5 Å². The lowest BCUT2D eigenvalue weighted by Crippen LogP contribution is -2.69. The van der Waals surface area contributed by atoms with Crippen molar-refractivity contribution in [1.29, 1.82) is 0 Å². The van der Waals surface area contributed by atoms with Gasteiger partial charge in [0.2, 0.25) is 14.8 Å². The van der Waals surface area contributed by atoms with Gasteiger partial charge in [0.1, 0.15) is 18.0 Å². The number of carbonyl (C=O) groups is 3. The minimum Gasteiger partial charge on any atom is -0.456 e. The van der Waals surface area contributed by atoms with E-state index in [1.165, 1.54) is 12.1 Å². The second-order valence-electron chi connectivity index (χ2n) is 8.76. The van der Waals surface area contributed by atoms with Gasteiger partial charge in [-0.1, -0.05) is 90.7 Å². The number of nitrogens with one attached hydrogen (secondary N) is 1.